The van der Waals surface area contributed by atoms with E-state index in [-0.39, 0.29) is 11.9 Å². The van der Waals surface area contributed by atoms with Crippen LogP contribution in [0.2, 0.25) is 0 Å². The predicted octanol–water partition coefficient (Wildman–Crippen LogP) is 2.22. The van der Waals surface area contributed by atoms with E-state index in [1.807, 2.05) is 6.92 Å². The second-order valence-electron chi connectivity index (χ2n) is 3.27. The van der Waals surface area contributed by atoms with Crippen molar-refractivity contribution in [2.45, 2.75) is 25.9 Å². The van der Waals surface area contributed by atoms with Crippen LogP contribution in [0.25, 0.3) is 0 Å². The van der Waals surface area contributed by atoms with Gasteiger partial charge < -0.3 is 5.32 Å². The molecule has 1 atom stereocenters. The molecule has 14 heavy (non-hydrogen) atoms. The number of rotatable bonds is 4. The average molecular weight is 192 g/mol. The van der Waals surface area contributed by atoms with E-state index in [2.05, 4.69) is 11.4 Å². The second kappa shape index (κ2) is 5.36. The van der Waals surface area contributed by atoms with Crippen LogP contribution in [-0.4, -0.2) is 6.04 Å². The summed E-state index contributed by atoms with van der Waals surface area (Å²) in [7, 11) is 0. The van der Waals surface area contributed by atoms with Gasteiger partial charge in [-0.25, -0.2) is 4.39 Å². The Bertz CT molecular complexity index is 313. The van der Waals surface area contributed by atoms with E-state index < -0.39 is 0 Å². The van der Waals surface area contributed by atoms with Crippen molar-refractivity contribution in [2.24, 2.45) is 0 Å². The maximum atomic E-state index is 12.5. The third-order valence-electron chi connectivity index (χ3n) is 1.97. The fourth-order valence-corrected chi connectivity index (χ4v) is 1.10. The molecule has 0 aliphatic heterocycles. The lowest BCUT2D eigenvalue weighted by Gasteiger charge is -2.09. The summed E-state index contributed by atoms with van der Waals surface area (Å²) in [5.41, 5.74) is 1.02. The van der Waals surface area contributed by atoms with Crippen LogP contribution in [0.1, 0.15) is 18.9 Å². The van der Waals surface area contributed by atoms with E-state index in [4.69, 9.17) is 5.26 Å². The first-order valence-corrected chi connectivity index (χ1v) is 4.57. The van der Waals surface area contributed by atoms with Gasteiger partial charge in [0.1, 0.15) is 5.82 Å². The molecule has 2 nitrogen and oxygen atoms in total. The Morgan fingerprint density at radius 2 is 2.07 bits per heavy atom. The zero-order valence-corrected chi connectivity index (χ0v) is 8.13. The molecule has 0 spiro atoms. The van der Waals surface area contributed by atoms with Crippen LogP contribution < -0.4 is 5.32 Å². The number of hydrogen-bond acceptors (Lipinski definition) is 2. The summed E-state index contributed by atoms with van der Waals surface area (Å²) in [5, 5.41) is 11.6. The molecule has 1 aromatic rings. The Morgan fingerprint density at radius 1 is 1.43 bits per heavy atom. The van der Waals surface area contributed by atoms with E-state index in [1.54, 1.807) is 12.1 Å². The minimum Gasteiger partial charge on any atom is -0.309 e. The van der Waals surface area contributed by atoms with Gasteiger partial charge in [-0.15, -0.1) is 0 Å². The molecule has 0 saturated heterocycles. The molecule has 0 fully saturated rings. The molecule has 0 bridgehead atoms. The molecule has 1 rings (SSSR count). The summed E-state index contributed by atoms with van der Waals surface area (Å²) >= 11 is 0. The van der Waals surface area contributed by atoms with Gasteiger partial charge in [0, 0.05) is 12.6 Å². The van der Waals surface area contributed by atoms with Crippen molar-refractivity contribution in [1.29, 1.82) is 5.26 Å². The molecule has 0 heterocycles. The lowest BCUT2D eigenvalue weighted by molar-refractivity contribution is 0.556. The maximum absolute atomic E-state index is 12.5. The number of nitrogens with zero attached hydrogens (tertiary/aromatic N) is 1. The Morgan fingerprint density at radius 3 is 2.64 bits per heavy atom. The number of benzene rings is 1. The molecule has 0 aliphatic rings. The van der Waals surface area contributed by atoms with Crippen molar-refractivity contribution >= 4 is 0 Å². The Hall–Kier alpha value is -1.40. The van der Waals surface area contributed by atoms with Crippen molar-refractivity contribution in [3.8, 4) is 6.07 Å². The van der Waals surface area contributed by atoms with Gasteiger partial charge in [-0.3, -0.25) is 0 Å². The van der Waals surface area contributed by atoms with E-state index in [0.29, 0.717) is 13.0 Å². The number of hydrogen-bond donors (Lipinski definition) is 1. The summed E-state index contributed by atoms with van der Waals surface area (Å²) < 4.78 is 12.5. The van der Waals surface area contributed by atoms with Gasteiger partial charge in [0.25, 0.3) is 0 Å². The normalized spacial score (nSPS) is 12.1. The van der Waals surface area contributed by atoms with Gasteiger partial charge in [-0.1, -0.05) is 12.1 Å². The van der Waals surface area contributed by atoms with Crippen LogP contribution in [0.15, 0.2) is 24.3 Å². The van der Waals surface area contributed by atoms with Gasteiger partial charge in [-0.2, -0.15) is 5.26 Å². The van der Waals surface area contributed by atoms with Gasteiger partial charge in [0.05, 0.1) is 12.5 Å². The molecular weight excluding hydrogens is 179 g/mol. The molecule has 74 valence electrons. The van der Waals surface area contributed by atoms with E-state index >= 15 is 0 Å². The lowest BCUT2D eigenvalue weighted by Crippen LogP contribution is -2.24. The monoisotopic (exact) mass is 192 g/mol. The number of halogens is 1. The van der Waals surface area contributed by atoms with Crippen LogP contribution in [0.3, 0.4) is 0 Å². The topological polar surface area (TPSA) is 35.8 Å². The molecule has 1 aromatic carbocycles. The molecule has 1 N–H and O–H groups in total. The van der Waals surface area contributed by atoms with Gasteiger partial charge in [-0.05, 0) is 24.6 Å². The van der Waals surface area contributed by atoms with Crippen molar-refractivity contribution in [1.82, 2.24) is 5.32 Å². The summed E-state index contributed by atoms with van der Waals surface area (Å²) in [4.78, 5) is 0. The highest BCUT2D eigenvalue weighted by molar-refractivity contribution is 5.15. The van der Waals surface area contributed by atoms with E-state index in [9.17, 15) is 4.39 Å². The lowest BCUT2D eigenvalue weighted by atomic mass is 10.2. The number of nitriles is 1. The molecule has 0 amide bonds. The molecule has 3 heteroatoms. The molecule has 1 unspecified atom stereocenters. The minimum absolute atomic E-state index is 0.171. The Labute approximate surface area is 83.4 Å². The molecule has 0 saturated carbocycles. The average Bonchev–Trinajstić information content (AvgIpc) is 2.17. The zero-order chi connectivity index (χ0) is 10.4. The summed E-state index contributed by atoms with van der Waals surface area (Å²) in [5.74, 6) is -0.223. The quantitative estimate of drug-likeness (QED) is 0.794. The molecule has 0 radical (unpaired) electrons. The fourth-order valence-electron chi connectivity index (χ4n) is 1.10. The fraction of sp³-hybridized carbons (Fsp3) is 0.364. The van der Waals surface area contributed by atoms with Crippen LogP contribution in [0, 0.1) is 17.1 Å². The van der Waals surface area contributed by atoms with E-state index in [1.165, 1.54) is 12.1 Å². The predicted molar refractivity (Wildman–Crippen MR) is 52.9 cm³/mol. The first-order valence-electron chi connectivity index (χ1n) is 4.57. The minimum atomic E-state index is -0.223. The van der Waals surface area contributed by atoms with Crippen molar-refractivity contribution in [3.63, 3.8) is 0 Å². The summed E-state index contributed by atoms with van der Waals surface area (Å²) in [6.45, 7) is 2.62. The third kappa shape index (κ3) is 3.55. The number of nitrogens with one attached hydrogen (secondary N) is 1. The Kier molecular flexibility index (Phi) is 4.09. The summed E-state index contributed by atoms with van der Waals surface area (Å²) in [6, 6.07) is 8.61. The highest BCUT2D eigenvalue weighted by atomic mass is 19.1. The second-order valence-corrected chi connectivity index (χ2v) is 3.27. The van der Waals surface area contributed by atoms with Gasteiger partial charge >= 0.3 is 0 Å². The van der Waals surface area contributed by atoms with Crippen molar-refractivity contribution in [3.05, 3.63) is 35.6 Å². The maximum Gasteiger partial charge on any atom is 0.123 e. The smallest absolute Gasteiger partial charge is 0.123 e. The highest BCUT2D eigenvalue weighted by Gasteiger charge is 1.99. The van der Waals surface area contributed by atoms with Crippen molar-refractivity contribution < 1.29 is 4.39 Å². The van der Waals surface area contributed by atoms with Crippen molar-refractivity contribution in [2.75, 3.05) is 0 Å². The van der Waals surface area contributed by atoms with Crippen LogP contribution >= 0.6 is 0 Å². The largest absolute Gasteiger partial charge is 0.309 e. The molecule has 0 aliphatic carbocycles. The first-order chi connectivity index (χ1) is 6.72. The molecular formula is C11H13FN2. The van der Waals surface area contributed by atoms with Crippen LogP contribution in [-0.2, 0) is 6.54 Å². The third-order valence-corrected chi connectivity index (χ3v) is 1.97. The van der Waals surface area contributed by atoms with Crippen LogP contribution in [0.4, 0.5) is 4.39 Å². The molecule has 0 aromatic heterocycles. The zero-order valence-electron chi connectivity index (χ0n) is 8.13. The Balaban J connectivity index is 2.39. The summed E-state index contributed by atoms with van der Waals surface area (Å²) in [6.07, 6.45) is 0.487. The first kappa shape index (κ1) is 10.7. The van der Waals surface area contributed by atoms with E-state index in [0.717, 1.165) is 5.56 Å². The van der Waals surface area contributed by atoms with Gasteiger partial charge in [0.2, 0.25) is 0 Å². The standard InChI is InChI=1S/C11H13FN2/c1-9(6-7-13)14-8-10-2-4-11(12)5-3-10/h2-5,9,14H,6,8H2,1H3. The van der Waals surface area contributed by atoms with Gasteiger partial charge in [0.15, 0.2) is 0 Å². The van der Waals surface area contributed by atoms with Crippen LogP contribution in [0.5, 0.6) is 0 Å². The SMILES string of the molecule is CC(CC#N)NCc1ccc(F)cc1. The highest BCUT2D eigenvalue weighted by Crippen LogP contribution is 2.02.